The van der Waals surface area contributed by atoms with Crippen LogP contribution in [0.25, 0.3) is 0 Å². The van der Waals surface area contributed by atoms with Gasteiger partial charge in [0.2, 0.25) is 5.91 Å². The van der Waals surface area contributed by atoms with Gasteiger partial charge in [0.25, 0.3) is 0 Å². The molecule has 6 heteroatoms. The Morgan fingerprint density at radius 2 is 0.725 bits per heavy atom. The van der Waals surface area contributed by atoms with Crippen molar-refractivity contribution in [1.29, 1.82) is 0 Å². The highest BCUT2D eigenvalue weighted by atomic mass is 16.5. The van der Waals surface area contributed by atoms with E-state index in [0.29, 0.717) is 19.4 Å². The van der Waals surface area contributed by atoms with Gasteiger partial charge in [-0.05, 0) is 89.9 Å². The summed E-state index contributed by atoms with van der Waals surface area (Å²) >= 11 is 0. The molecule has 69 heavy (non-hydrogen) atoms. The van der Waals surface area contributed by atoms with Crippen molar-refractivity contribution in [2.75, 3.05) is 13.2 Å². The van der Waals surface area contributed by atoms with E-state index in [1.807, 2.05) is 6.08 Å². The Bertz CT molecular complexity index is 1160. The van der Waals surface area contributed by atoms with Crippen LogP contribution in [-0.4, -0.2) is 47.4 Å². The molecule has 1 amide bonds. The van der Waals surface area contributed by atoms with Crippen LogP contribution in [0, 0.1) is 0 Å². The van der Waals surface area contributed by atoms with Gasteiger partial charge in [-0.2, -0.15) is 0 Å². The van der Waals surface area contributed by atoms with Crippen LogP contribution < -0.4 is 5.32 Å². The molecule has 0 aliphatic heterocycles. The lowest BCUT2D eigenvalue weighted by Crippen LogP contribution is -2.45. The SMILES string of the molecule is CCCCCCCC/C=C\CCCCCCCCCC(=O)OCCCCCCCCCCC/C=C\C/C=C\CCCCCCCCCC(=O)NC(CO)C(O)/C=C/CCCCCCCCCCCC. The molecule has 2 unspecified atom stereocenters. The molecule has 0 aromatic heterocycles. The summed E-state index contributed by atoms with van der Waals surface area (Å²) < 4.78 is 5.48. The lowest BCUT2D eigenvalue weighted by molar-refractivity contribution is -0.143. The number of carbonyl (C=O) groups excluding carboxylic acids is 2. The molecule has 0 aliphatic carbocycles. The first-order valence-corrected chi connectivity index (χ1v) is 30.4. The topological polar surface area (TPSA) is 95.9 Å². The van der Waals surface area contributed by atoms with Gasteiger partial charge in [-0.1, -0.05) is 262 Å². The molecule has 0 saturated carbocycles. The number of rotatable bonds is 56. The number of carbonyl (C=O) groups is 2. The van der Waals surface area contributed by atoms with E-state index >= 15 is 0 Å². The predicted molar refractivity (Wildman–Crippen MR) is 301 cm³/mol. The summed E-state index contributed by atoms with van der Waals surface area (Å²) in [6.45, 7) is 4.88. The Kier molecular flexibility index (Phi) is 56.5. The average Bonchev–Trinajstić information content (AvgIpc) is 3.35. The van der Waals surface area contributed by atoms with E-state index in [1.54, 1.807) is 6.08 Å². The van der Waals surface area contributed by atoms with Crippen LogP contribution >= 0.6 is 0 Å². The van der Waals surface area contributed by atoms with Crippen molar-refractivity contribution in [3.8, 4) is 0 Å². The number of hydrogen-bond acceptors (Lipinski definition) is 5. The van der Waals surface area contributed by atoms with Gasteiger partial charge >= 0.3 is 5.97 Å². The Morgan fingerprint density at radius 1 is 0.406 bits per heavy atom. The van der Waals surface area contributed by atoms with Crippen molar-refractivity contribution in [2.24, 2.45) is 0 Å². The van der Waals surface area contributed by atoms with Gasteiger partial charge in [0, 0.05) is 12.8 Å². The summed E-state index contributed by atoms with van der Waals surface area (Å²) in [5.74, 6) is -0.0768. The molecule has 0 heterocycles. The standard InChI is InChI=1S/C63H117NO5/c1-3-5-7-9-11-13-15-17-18-26-30-33-37-41-45-49-53-57-63(68)69-58-54-50-46-42-38-34-31-28-25-23-21-19-20-22-24-27-29-32-36-40-44-48-52-56-62(67)64-60(59-65)61(66)55-51-47-43-39-35-16-14-12-10-8-6-4-2/h17-19,21-22,24,51,55,60-61,65-66H,3-16,20,23,25-50,52-54,56-59H2,1-2H3,(H,64,67)/b18-17-,21-19-,24-22-,55-51+. The molecule has 6 nitrogen and oxygen atoms in total. The Balaban J connectivity index is 3.45. The van der Waals surface area contributed by atoms with Crippen LogP contribution in [0.1, 0.15) is 316 Å². The minimum absolute atomic E-state index is 0.00275. The fourth-order valence-electron chi connectivity index (χ4n) is 9.13. The van der Waals surface area contributed by atoms with Gasteiger partial charge < -0.3 is 20.3 Å². The molecule has 2 atom stereocenters. The first-order chi connectivity index (χ1) is 34.0. The molecular weight excluding hydrogens is 851 g/mol. The highest BCUT2D eigenvalue weighted by Crippen LogP contribution is 2.16. The Hall–Kier alpha value is -2.18. The second kappa shape index (κ2) is 58.4. The maximum absolute atomic E-state index is 12.4. The van der Waals surface area contributed by atoms with Crippen molar-refractivity contribution in [1.82, 2.24) is 5.32 Å². The van der Waals surface area contributed by atoms with Crippen molar-refractivity contribution in [3.63, 3.8) is 0 Å². The number of aliphatic hydroxyl groups is 2. The molecule has 3 N–H and O–H groups in total. The molecule has 0 spiro atoms. The van der Waals surface area contributed by atoms with Gasteiger partial charge in [-0.3, -0.25) is 9.59 Å². The van der Waals surface area contributed by atoms with E-state index in [4.69, 9.17) is 4.74 Å². The van der Waals surface area contributed by atoms with E-state index in [0.717, 1.165) is 64.2 Å². The van der Waals surface area contributed by atoms with Gasteiger partial charge in [0.15, 0.2) is 0 Å². The third-order valence-corrected chi connectivity index (χ3v) is 13.8. The van der Waals surface area contributed by atoms with Crippen LogP contribution in [0.15, 0.2) is 48.6 Å². The number of ether oxygens (including phenoxy) is 1. The highest BCUT2D eigenvalue weighted by Gasteiger charge is 2.18. The molecular formula is C63H117NO5. The molecule has 0 bridgehead atoms. The molecule has 0 aromatic carbocycles. The third kappa shape index (κ3) is 55.0. The second-order valence-corrected chi connectivity index (χ2v) is 20.7. The summed E-state index contributed by atoms with van der Waals surface area (Å²) in [7, 11) is 0. The zero-order valence-corrected chi connectivity index (χ0v) is 46.0. The van der Waals surface area contributed by atoms with Gasteiger partial charge in [0.05, 0.1) is 25.4 Å². The summed E-state index contributed by atoms with van der Waals surface area (Å²) in [6.07, 6.45) is 74.3. The molecule has 0 saturated heterocycles. The molecule has 0 aromatic rings. The van der Waals surface area contributed by atoms with Crippen LogP contribution in [0.3, 0.4) is 0 Å². The van der Waals surface area contributed by atoms with Crippen molar-refractivity contribution >= 4 is 11.9 Å². The zero-order chi connectivity index (χ0) is 50.0. The van der Waals surface area contributed by atoms with E-state index in [2.05, 4.69) is 55.6 Å². The monoisotopic (exact) mass is 968 g/mol. The number of aliphatic hydroxyl groups excluding tert-OH is 2. The van der Waals surface area contributed by atoms with E-state index in [9.17, 15) is 19.8 Å². The van der Waals surface area contributed by atoms with Crippen molar-refractivity contribution in [3.05, 3.63) is 48.6 Å². The summed E-state index contributed by atoms with van der Waals surface area (Å²) in [4.78, 5) is 24.5. The largest absolute Gasteiger partial charge is 0.466 e. The maximum Gasteiger partial charge on any atom is 0.305 e. The van der Waals surface area contributed by atoms with Crippen LogP contribution in [0.2, 0.25) is 0 Å². The summed E-state index contributed by atoms with van der Waals surface area (Å²) in [5, 5.41) is 23.0. The van der Waals surface area contributed by atoms with E-state index in [-0.39, 0.29) is 18.5 Å². The molecule has 404 valence electrons. The number of hydrogen-bond donors (Lipinski definition) is 3. The number of allylic oxidation sites excluding steroid dienone is 7. The van der Waals surface area contributed by atoms with Gasteiger partial charge in [-0.25, -0.2) is 0 Å². The third-order valence-electron chi connectivity index (χ3n) is 13.8. The number of amides is 1. The van der Waals surface area contributed by atoms with Crippen LogP contribution in [0.5, 0.6) is 0 Å². The van der Waals surface area contributed by atoms with Gasteiger partial charge in [0.1, 0.15) is 0 Å². The first kappa shape index (κ1) is 66.8. The quantitative estimate of drug-likeness (QED) is 0.0321. The smallest absolute Gasteiger partial charge is 0.305 e. The first-order valence-electron chi connectivity index (χ1n) is 30.4. The highest BCUT2D eigenvalue weighted by molar-refractivity contribution is 5.76. The minimum Gasteiger partial charge on any atom is -0.466 e. The lowest BCUT2D eigenvalue weighted by Gasteiger charge is -2.20. The summed E-state index contributed by atoms with van der Waals surface area (Å²) in [5.41, 5.74) is 0. The Morgan fingerprint density at radius 3 is 1.12 bits per heavy atom. The molecule has 0 radical (unpaired) electrons. The second-order valence-electron chi connectivity index (χ2n) is 20.7. The van der Waals surface area contributed by atoms with Crippen LogP contribution in [0.4, 0.5) is 0 Å². The molecule has 0 rings (SSSR count). The van der Waals surface area contributed by atoms with E-state index < -0.39 is 12.1 Å². The van der Waals surface area contributed by atoms with E-state index in [1.165, 1.54) is 225 Å². The summed E-state index contributed by atoms with van der Waals surface area (Å²) in [6, 6.07) is -0.635. The number of esters is 1. The van der Waals surface area contributed by atoms with Crippen molar-refractivity contribution in [2.45, 2.75) is 328 Å². The fourth-order valence-corrected chi connectivity index (χ4v) is 9.13. The van der Waals surface area contributed by atoms with Crippen LogP contribution in [-0.2, 0) is 14.3 Å². The number of nitrogens with one attached hydrogen (secondary N) is 1. The molecule has 0 fully saturated rings. The number of unbranched alkanes of at least 4 members (excludes halogenated alkanes) is 39. The zero-order valence-electron chi connectivity index (χ0n) is 46.0. The maximum atomic E-state index is 12.4. The average molecular weight is 969 g/mol. The Labute approximate surface area is 429 Å². The fraction of sp³-hybridized carbons (Fsp3) is 0.841. The van der Waals surface area contributed by atoms with Gasteiger partial charge in [-0.15, -0.1) is 0 Å². The normalized spacial score (nSPS) is 12.9. The predicted octanol–water partition coefficient (Wildman–Crippen LogP) is 19.0. The minimum atomic E-state index is -0.851. The lowest BCUT2D eigenvalue weighted by atomic mass is 10.1. The molecule has 0 aliphatic rings. The van der Waals surface area contributed by atoms with Crippen molar-refractivity contribution < 1.29 is 24.5 Å².